The predicted molar refractivity (Wildman–Crippen MR) is 100 cm³/mol. The van der Waals surface area contributed by atoms with Crippen LogP contribution in [0.4, 0.5) is 8.78 Å². The second-order valence-corrected chi connectivity index (χ2v) is 9.03. The molecular formula is C21H25F2N3O3. The lowest BCUT2D eigenvalue weighted by Gasteiger charge is -2.56. The van der Waals surface area contributed by atoms with E-state index in [0.29, 0.717) is 12.5 Å². The first kappa shape index (κ1) is 19.8. The van der Waals surface area contributed by atoms with Gasteiger partial charge >= 0.3 is 0 Å². The van der Waals surface area contributed by atoms with Crippen molar-refractivity contribution in [2.45, 2.75) is 44.9 Å². The standard InChI is InChI=1S/C21H25F2N3O3/c22-16-4-15(5-17(23)6-16)20(29)24-11-19(28)26-25-18(27)10-21-7-12-1-13(8-21)3-14(2-12)9-21/h4-6,12-14H,1-3,7-11H2,(H,24,29)(H,25,27)(H,26,28). The van der Waals surface area contributed by atoms with Crippen LogP contribution in [0.25, 0.3) is 0 Å². The summed E-state index contributed by atoms with van der Waals surface area (Å²) < 4.78 is 26.3. The molecule has 1 aromatic carbocycles. The van der Waals surface area contributed by atoms with E-state index < -0.39 is 30.0 Å². The van der Waals surface area contributed by atoms with Gasteiger partial charge in [-0.15, -0.1) is 0 Å². The lowest BCUT2D eigenvalue weighted by Crippen LogP contribution is -2.51. The van der Waals surface area contributed by atoms with Crippen LogP contribution < -0.4 is 16.2 Å². The summed E-state index contributed by atoms with van der Waals surface area (Å²) >= 11 is 0. The molecule has 6 nitrogen and oxygen atoms in total. The summed E-state index contributed by atoms with van der Waals surface area (Å²) in [5.74, 6) is -1.15. The summed E-state index contributed by atoms with van der Waals surface area (Å²) in [5.41, 5.74) is 4.57. The van der Waals surface area contributed by atoms with Crippen LogP contribution in [0.5, 0.6) is 0 Å². The Hall–Kier alpha value is -2.51. The molecule has 4 aliphatic carbocycles. The highest BCUT2D eigenvalue weighted by Crippen LogP contribution is 2.61. The zero-order chi connectivity index (χ0) is 20.6. The van der Waals surface area contributed by atoms with Crippen LogP contribution in [-0.2, 0) is 9.59 Å². The Balaban J connectivity index is 1.21. The van der Waals surface area contributed by atoms with E-state index in [9.17, 15) is 23.2 Å². The van der Waals surface area contributed by atoms with Gasteiger partial charge in [0.2, 0.25) is 5.91 Å². The molecule has 3 amide bonds. The van der Waals surface area contributed by atoms with E-state index in [0.717, 1.165) is 49.1 Å². The smallest absolute Gasteiger partial charge is 0.257 e. The SMILES string of the molecule is O=C(CNC(=O)c1cc(F)cc(F)c1)NNC(=O)CC12CC3CC(CC(C3)C1)C2. The lowest BCUT2D eigenvalue weighted by atomic mass is 9.49. The molecule has 5 rings (SSSR count). The van der Waals surface area contributed by atoms with Gasteiger partial charge in [-0.25, -0.2) is 8.78 Å². The Kier molecular flexibility index (Phi) is 5.27. The van der Waals surface area contributed by atoms with Gasteiger partial charge in [-0.3, -0.25) is 25.2 Å². The molecular weight excluding hydrogens is 380 g/mol. The third-order valence-corrected chi connectivity index (χ3v) is 6.58. The van der Waals surface area contributed by atoms with Crippen molar-refractivity contribution in [2.24, 2.45) is 23.2 Å². The highest BCUT2D eigenvalue weighted by molar-refractivity contribution is 5.96. The van der Waals surface area contributed by atoms with Crippen LogP contribution in [0.15, 0.2) is 18.2 Å². The molecule has 3 N–H and O–H groups in total. The van der Waals surface area contributed by atoms with Gasteiger partial charge in [0.1, 0.15) is 11.6 Å². The summed E-state index contributed by atoms with van der Waals surface area (Å²) in [4.78, 5) is 36.2. The number of halogens is 2. The molecule has 4 saturated carbocycles. The zero-order valence-corrected chi connectivity index (χ0v) is 16.1. The molecule has 0 heterocycles. The maximum Gasteiger partial charge on any atom is 0.257 e. The number of hydrogen-bond acceptors (Lipinski definition) is 3. The normalized spacial score (nSPS) is 29.4. The molecule has 0 radical (unpaired) electrons. The van der Waals surface area contributed by atoms with Gasteiger partial charge in [0.25, 0.3) is 11.8 Å². The highest BCUT2D eigenvalue weighted by Gasteiger charge is 2.51. The average Bonchev–Trinajstić information content (AvgIpc) is 2.62. The van der Waals surface area contributed by atoms with Crippen LogP contribution in [0.2, 0.25) is 0 Å². The quantitative estimate of drug-likeness (QED) is 0.658. The molecule has 1 aromatic rings. The molecule has 4 fully saturated rings. The summed E-state index contributed by atoms with van der Waals surface area (Å²) in [7, 11) is 0. The first-order valence-corrected chi connectivity index (χ1v) is 10.1. The Morgan fingerprint density at radius 3 is 1.93 bits per heavy atom. The van der Waals surface area contributed by atoms with Crippen LogP contribution in [-0.4, -0.2) is 24.3 Å². The molecule has 4 aliphatic rings. The van der Waals surface area contributed by atoms with Gasteiger partial charge in [0, 0.05) is 18.1 Å². The third kappa shape index (κ3) is 4.57. The maximum absolute atomic E-state index is 13.2. The monoisotopic (exact) mass is 405 g/mol. The molecule has 0 atom stereocenters. The Bertz CT molecular complexity index is 787. The summed E-state index contributed by atoms with van der Waals surface area (Å²) in [5, 5.41) is 2.27. The minimum absolute atomic E-state index is 0.0687. The summed E-state index contributed by atoms with van der Waals surface area (Å²) in [6, 6.07) is 2.41. The lowest BCUT2D eigenvalue weighted by molar-refractivity contribution is -0.134. The molecule has 8 heteroatoms. The molecule has 0 saturated heterocycles. The van der Waals surface area contributed by atoms with Crippen molar-refractivity contribution in [2.75, 3.05) is 6.54 Å². The van der Waals surface area contributed by atoms with E-state index in [1.165, 1.54) is 19.3 Å². The predicted octanol–water partition coefficient (Wildman–Crippen LogP) is 2.45. The molecule has 0 aromatic heterocycles. The minimum Gasteiger partial charge on any atom is -0.343 e. The van der Waals surface area contributed by atoms with E-state index in [-0.39, 0.29) is 16.9 Å². The number of rotatable bonds is 5. The van der Waals surface area contributed by atoms with E-state index in [1.807, 2.05) is 0 Å². The van der Waals surface area contributed by atoms with Gasteiger partial charge in [-0.05, 0) is 73.8 Å². The minimum atomic E-state index is -0.878. The van der Waals surface area contributed by atoms with Crippen molar-refractivity contribution in [3.63, 3.8) is 0 Å². The van der Waals surface area contributed by atoms with Gasteiger partial charge < -0.3 is 5.32 Å². The highest BCUT2D eigenvalue weighted by atomic mass is 19.1. The second kappa shape index (κ2) is 7.72. The van der Waals surface area contributed by atoms with E-state index in [2.05, 4.69) is 16.2 Å². The van der Waals surface area contributed by atoms with Crippen LogP contribution >= 0.6 is 0 Å². The molecule has 4 bridgehead atoms. The Morgan fingerprint density at radius 1 is 0.862 bits per heavy atom. The van der Waals surface area contributed by atoms with Gasteiger partial charge in [-0.1, -0.05) is 0 Å². The number of carbonyl (C=O) groups is 3. The van der Waals surface area contributed by atoms with Crippen molar-refractivity contribution >= 4 is 17.7 Å². The molecule has 29 heavy (non-hydrogen) atoms. The fourth-order valence-corrected chi connectivity index (χ4v) is 6.02. The fraction of sp³-hybridized carbons (Fsp3) is 0.571. The number of hydrazine groups is 1. The maximum atomic E-state index is 13.2. The molecule has 0 unspecified atom stereocenters. The average molecular weight is 405 g/mol. The van der Waals surface area contributed by atoms with Crippen LogP contribution in [0.1, 0.15) is 55.3 Å². The van der Waals surface area contributed by atoms with Crippen LogP contribution in [0.3, 0.4) is 0 Å². The Morgan fingerprint density at radius 2 is 1.38 bits per heavy atom. The molecule has 156 valence electrons. The van der Waals surface area contributed by atoms with E-state index in [4.69, 9.17) is 0 Å². The number of hydrogen-bond donors (Lipinski definition) is 3. The van der Waals surface area contributed by atoms with Gasteiger partial charge in [0.05, 0.1) is 6.54 Å². The molecule has 0 aliphatic heterocycles. The Labute approximate surface area is 167 Å². The topological polar surface area (TPSA) is 87.3 Å². The van der Waals surface area contributed by atoms with Crippen LogP contribution in [0, 0.1) is 34.8 Å². The summed E-state index contributed by atoms with van der Waals surface area (Å²) in [6.45, 7) is -0.422. The number of benzene rings is 1. The first-order chi connectivity index (χ1) is 13.8. The largest absolute Gasteiger partial charge is 0.343 e. The van der Waals surface area contributed by atoms with E-state index in [1.54, 1.807) is 0 Å². The van der Waals surface area contributed by atoms with Gasteiger partial charge in [-0.2, -0.15) is 0 Å². The number of amides is 3. The number of carbonyl (C=O) groups excluding carboxylic acids is 3. The second-order valence-electron chi connectivity index (χ2n) is 9.03. The summed E-state index contributed by atoms with van der Waals surface area (Å²) in [6.07, 6.45) is 7.60. The van der Waals surface area contributed by atoms with Crippen molar-refractivity contribution in [1.29, 1.82) is 0 Å². The van der Waals surface area contributed by atoms with Gasteiger partial charge in [0.15, 0.2) is 0 Å². The van der Waals surface area contributed by atoms with E-state index >= 15 is 0 Å². The third-order valence-electron chi connectivity index (χ3n) is 6.58. The zero-order valence-electron chi connectivity index (χ0n) is 16.1. The van der Waals surface area contributed by atoms with Crippen molar-refractivity contribution < 1.29 is 23.2 Å². The fourth-order valence-electron chi connectivity index (χ4n) is 6.02. The first-order valence-electron chi connectivity index (χ1n) is 10.1. The van der Waals surface area contributed by atoms with Crippen molar-refractivity contribution in [3.8, 4) is 0 Å². The number of nitrogens with one attached hydrogen (secondary N) is 3. The molecule has 0 spiro atoms. The van der Waals surface area contributed by atoms with Crippen molar-refractivity contribution in [1.82, 2.24) is 16.2 Å². The van der Waals surface area contributed by atoms with Crippen molar-refractivity contribution in [3.05, 3.63) is 35.4 Å².